The Labute approximate surface area is 207 Å². The molecule has 31 heavy (non-hydrogen) atoms. The van der Waals surface area contributed by atoms with E-state index >= 15 is 0 Å². The van der Waals surface area contributed by atoms with Crippen molar-refractivity contribution < 1.29 is 31.9 Å². The van der Waals surface area contributed by atoms with Crippen LogP contribution in [0.1, 0.15) is 124 Å². The van der Waals surface area contributed by atoms with Gasteiger partial charge in [0.2, 0.25) is 11.1 Å². The molecule has 4 rings (SSSR count). The van der Waals surface area contributed by atoms with Crippen LogP contribution in [0.4, 0.5) is 0 Å². The van der Waals surface area contributed by atoms with Crippen molar-refractivity contribution in [2.75, 3.05) is 0 Å². The summed E-state index contributed by atoms with van der Waals surface area (Å²) >= 11 is 0. The third-order valence-corrected chi connectivity index (χ3v) is 12.8. The van der Waals surface area contributed by atoms with Crippen LogP contribution in [-0.4, -0.2) is 43.9 Å². The van der Waals surface area contributed by atoms with Gasteiger partial charge in [-0.15, -0.1) is 0 Å². The number of hydrogen-bond donors (Lipinski definition) is 0. The zero-order chi connectivity index (χ0) is 21.8. The fourth-order valence-electron chi connectivity index (χ4n) is 5.86. The predicted molar refractivity (Wildman–Crippen MR) is 128 cm³/mol. The van der Waals surface area contributed by atoms with Gasteiger partial charge in [0.1, 0.15) is 0 Å². The second-order valence-electron chi connectivity index (χ2n) is 11.1. The summed E-state index contributed by atoms with van der Waals surface area (Å²) in [6.45, 7) is 6.91. The molecule has 1 heterocycles. The Morgan fingerprint density at radius 3 is 1.19 bits per heavy atom. The van der Waals surface area contributed by atoms with Gasteiger partial charge in [0.15, 0.2) is 6.34 Å². The van der Waals surface area contributed by atoms with Crippen molar-refractivity contribution in [1.82, 2.24) is 0 Å². The van der Waals surface area contributed by atoms with Gasteiger partial charge in [-0.05, 0) is 60.4 Å². The Morgan fingerprint density at radius 2 is 1.00 bits per heavy atom. The van der Waals surface area contributed by atoms with Crippen molar-refractivity contribution in [3.05, 3.63) is 10.1 Å². The molecule has 1 aliphatic heterocycles. The van der Waals surface area contributed by atoms with E-state index in [9.17, 15) is 10.1 Å². The zero-order valence-electron chi connectivity index (χ0n) is 20.3. The fourth-order valence-corrected chi connectivity index (χ4v) is 10.5. The van der Waals surface area contributed by atoms with Crippen LogP contribution in [0.5, 0.6) is 0 Å². The molecule has 0 unspecified atom stereocenters. The molecule has 3 saturated carbocycles. The summed E-state index contributed by atoms with van der Waals surface area (Å²) in [6, 6.07) is 0. The molecule has 182 valence electrons. The van der Waals surface area contributed by atoms with Crippen LogP contribution in [0.15, 0.2) is 0 Å². The van der Waals surface area contributed by atoms with Crippen molar-refractivity contribution in [1.29, 1.82) is 0 Å². The van der Waals surface area contributed by atoms with Gasteiger partial charge in [-0.2, -0.15) is 0 Å². The summed E-state index contributed by atoms with van der Waals surface area (Å²) in [5.41, 5.74) is 2.17. The van der Waals surface area contributed by atoms with Crippen LogP contribution in [-0.2, 0) is 22.4 Å². The predicted octanol–water partition coefficient (Wildman–Crippen LogP) is 7.22. The topological polar surface area (TPSA) is 46.1 Å². The molecule has 0 spiro atoms. The molecule has 3 fully saturated rings. The van der Waals surface area contributed by atoms with Crippen LogP contribution in [0.25, 0.3) is 0 Å². The van der Waals surface area contributed by atoms with Crippen LogP contribution in [0, 0.1) is 10.1 Å². The summed E-state index contributed by atoms with van der Waals surface area (Å²) in [7, 11) is 0.385. The number of nitroso groups, excluding NO2 is 1. The molecule has 0 aromatic carbocycles. The number of nitrogens with zero attached hydrogens (tertiary/aromatic N) is 2. The van der Waals surface area contributed by atoms with E-state index in [0.717, 1.165) is 0 Å². The summed E-state index contributed by atoms with van der Waals surface area (Å²) in [5, 5.41) is 11.1. The Balaban J connectivity index is 0.000000245. The van der Waals surface area contributed by atoms with Crippen molar-refractivity contribution in [2.45, 2.75) is 152 Å². The average molecular weight is 634 g/mol. The van der Waals surface area contributed by atoms with E-state index in [1.54, 1.807) is 105 Å². The number of hydrogen-bond acceptors (Lipinski definition) is 2. The Hall–Kier alpha value is 0.240. The molecule has 6 heteroatoms. The van der Waals surface area contributed by atoms with Crippen molar-refractivity contribution >= 4 is 14.3 Å². The smallest absolute Gasteiger partial charge is 0.650 e. The van der Waals surface area contributed by atoms with Crippen LogP contribution in [0.3, 0.4) is 0 Å². The van der Waals surface area contributed by atoms with Gasteiger partial charge >= 0.3 is 22.4 Å². The first-order chi connectivity index (χ1) is 14.2. The summed E-state index contributed by atoms with van der Waals surface area (Å²) in [4.78, 5) is 11.1. The van der Waals surface area contributed by atoms with Gasteiger partial charge in [-0.1, -0.05) is 70.5 Å². The normalized spacial score (nSPS) is 27.3. The summed E-state index contributed by atoms with van der Waals surface area (Å²) in [5.74, 6) is 0. The molecule has 0 saturated heterocycles. The summed E-state index contributed by atoms with van der Waals surface area (Å²) in [6.07, 6.45) is 25.8. The first kappa shape index (κ1) is 27.5. The molecule has 0 radical (unpaired) electrons. The molecule has 4 nitrogen and oxygen atoms in total. The molecular formula is C25H45AuN2O2P+. The van der Waals surface area contributed by atoms with Gasteiger partial charge in [0.05, 0.1) is 0 Å². The standard InChI is InChI=1S/C18H33P.C7H12N2O2.Au/c1-4-10-16(11-5-1)19(17-12-6-2-7-13-17)18-14-8-3-9-15-18;1-6(2)7(3,4)9(11)5-8(6)10;/h16-18H,1-15H2;1-4H3;/q;;+1. The van der Waals surface area contributed by atoms with Crippen LogP contribution >= 0.6 is 7.92 Å². The molecule has 0 aromatic rings. The van der Waals surface area contributed by atoms with Gasteiger partial charge in [0, 0.05) is 27.7 Å². The second kappa shape index (κ2) is 12.1. The average Bonchev–Trinajstić information content (AvgIpc) is 2.89. The van der Waals surface area contributed by atoms with Crippen molar-refractivity contribution in [3.8, 4) is 0 Å². The Bertz CT molecular complexity index is 562. The zero-order valence-corrected chi connectivity index (χ0v) is 23.4. The molecule has 0 bridgehead atoms. The first-order valence-electron chi connectivity index (χ1n) is 12.7. The van der Waals surface area contributed by atoms with E-state index < -0.39 is 11.1 Å². The van der Waals surface area contributed by atoms with E-state index in [1.165, 1.54) is 36.2 Å². The maximum Gasteiger partial charge on any atom is 1.00 e. The number of hydroxylamine groups is 1. The van der Waals surface area contributed by atoms with Crippen molar-refractivity contribution in [2.24, 2.45) is 0 Å². The van der Waals surface area contributed by atoms with E-state index in [2.05, 4.69) is 6.34 Å². The van der Waals surface area contributed by atoms with Gasteiger partial charge in [-0.25, -0.2) is 0 Å². The Kier molecular flexibility index (Phi) is 10.7. The minimum atomic E-state index is -0.700. The summed E-state index contributed by atoms with van der Waals surface area (Å²) < 4.78 is 1.17. The maximum atomic E-state index is 11.1. The SMILES string of the molecule is C1CCC(P(C2CCCCC2)C2CCCCC2)CC1.CC1(C)[N+](=O)[C-]=[N+]([O-])C1(C)C.[Au+]. The molecule has 4 aliphatic rings. The van der Waals surface area contributed by atoms with Gasteiger partial charge in [-0.3, -0.25) is 0 Å². The molecule has 0 N–H and O–H groups in total. The molecule has 0 aromatic heterocycles. The molecule has 3 aliphatic carbocycles. The third kappa shape index (κ3) is 6.43. The minimum absolute atomic E-state index is 0. The number of rotatable bonds is 3. The minimum Gasteiger partial charge on any atom is -0.650 e. The third-order valence-electron chi connectivity index (χ3n) is 8.68. The molecule has 0 atom stereocenters. The quantitative estimate of drug-likeness (QED) is 0.108. The fraction of sp³-hybridized carbons (Fsp3) is 0.960. The van der Waals surface area contributed by atoms with E-state index in [0.29, 0.717) is 17.4 Å². The van der Waals surface area contributed by atoms with Crippen LogP contribution < -0.4 is 0 Å². The van der Waals surface area contributed by atoms with Crippen molar-refractivity contribution in [3.63, 3.8) is 0 Å². The largest absolute Gasteiger partial charge is 1.00 e. The van der Waals surface area contributed by atoms with E-state index in [4.69, 9.17) is 0 Å². The molecular weight excluding hydrogens is 588 g/mol. The Morgan fingerprint density at radius 1 is 0.677 bits per heavy atom. The van der Waals surface area contributed by atoms with Crippen LogP contribution in [0.2, 0.25) is 0 Å². The van der Waals surface area contributed by atoms with Gasteiger partial charge < -0.3 is 9.95 Å². The maximum absolute atomic E-state index is 11.1. The first-order valence-corrected chi connectivity index (χ1v) is 14.3. The molecule has 0 amide bonds. The van der Waals surface area contributed by atoms with E-state index in [1.807, 2.05) is 0 Å². The second-order valence-corrected chi connectivity index (χ2v) is 14.2. The monoisotopic (exact) mass is 633 g/mol. The van der Waals surface area contributed by atoms with Gasteiger partial charge in [0.25, 0.3) is 0 Å². The van der Waals surface area contributed by atoms with E-state index in [-0.39, 0.29) is 22.4 Å².